The fourth-order valence-electron chi connectivity index (χ4n) is 3.91. The van der Waals surface area contributed by atoms with Crippen molar-refractivity contribution in [2.75, 3.05) is 6.61 Å². The Hall–Kier alpha value is -4.38. The van der Waals surface area contributed by atoms with E-state index in [0.717, 1.165) is 11.3 Å². The summed E-state index contributed by atoms with van der Waals surface area (Å²) in [5.74, 6) is -0.775. The number of nitro benzene ring substituents is 1. The maximum Gasteiger partial charge on any atom is 0.338 e. The van der Waals surface area contributed by atoms with E-state index >= 15 is 0 Å². The number of hydrogen-bond acceptors (Lipinski definition) is 9. The SMILES string of the molecule is CCOC(=O)C1=C(C)N=c2s/c(=C/c3ccccc3[N+](=O)[O-])c(=O)n2[C@@H]1c1ccc(OC(C)=O)cc1. The van der Waals surface area contributed by atoms with Gasteiger partial charge in [-0.1, -0.05) is 35.6 Å². The van der Waals surface area contributed by atoms with Crippen molar-refractivity contribution < 1.29 is 24.0 Å². The Kier molecular flexibility index (Phi) is 6.93. The zero-order chi connectivity index (χ0) is 26.0. The van der Waals surface area contributed by atoms with Gasteiger partial charge >= 0.3 is 11.9 Å². The highest BCUT2D eigenvalue weighted by Crippen LogP contribution is 2.31. The van der Waals surface area contributed by atoms with E-state index in [1.165, 1.54) is 23.6 Å². The van der Waals surface area contributed by atoms with Gasteiger partial charge < -0.3 is 9.47 Å². The van der Waals surface area contributed by atoms with Crippen LogP contribution in [0.15, 0.2) is 69.6 Å². The number of ether oxygens (including phenoxy) is 2. The van der Waals surface area contributed by atoms with Crippen LogP contribution in [0.3, 0.4) is 0 Å². The topological polar surface area (TPSA) is 130 Å². The maximum absolute atomic E-state index is 13.6. The van der Waals surface area contributed by atoms with Crippen LogP contribution < -0.4 is 19.6 Å². The molecule has 1 aliphatic heterocycles. The van der Waals surface area contributed by atoms with Crippen molar-refractivity contribution in [2.24, 2.45) is 4.99 Å². The van der Waals surface area contributed by atoms with Crippen LogP contribution in [0.1, 0.15) is 37.9 Å². The molecule has 0 fully saturated rings. The van der Waals surface area contributed by atoms with E-state index < -0.39 is 28.5 Å². The van der Waals surface area contributed by atoms with Gasteiger partial charge in [0.25, 0.3) is 11.2 Å². The van der Waals surface area contributed by atoms with Crippen LogP contribution in [0, 0.1) is 10.1 Å². The number of nitrogens with zero attached hydrogens (tertiary/aromatic N) is 3. The van der Waals surface area contributed by atoms with Crippen LogP contribution in [0.5, 0.6) is 5.75 Å². The summed E-state index contributed by atoms with van der Waals surface area (Å²) >= 11 is 1.07. The van der Waals surface area contributed by atoms with Crippen LogP contribution in [-0.4, -0.2) is 28.0 Å². The molecule has 11 heteroatoms. The molecule has 0 N–H and O–H groups in total. The molecule has 0 bridgehead atoms. The molecule has 184 valence electrons. The zero-order valence-corrected chi connectivity index (χ0v) is 20.4. The van der Waals surface area contributed by atoms with Gasteiger partial charge in [0.1, 0.15) is 5.75 Å². The molecule has 4 rings (SSSR count). The van der Waals surface area contributed by atoms with Crippen molar-refractivity contribution in [2.45, 2.75) is 26.8 Å². The van der Waals surface area contributed by atoms with Crippen LogP contribution in [0.4, 0.5) is 5.69 Å². The molecule has 1 atom stereocenters. The summed E-state index contributed by atoms with van der Waals surface area (Å²) in [6.45, 7) is 4.76. The minimum absolute atomic E-state index is 0.135. The highest BCUT2D eigenvalue weighted by atomic mass is 32.1. The molecule has 2 aromatic carbocycles. The third-order valence-corrected chi connectivity index (χ3v) is 6.38. The van der Waals surface area contributed by atoms with E-state index in [2.05, 4.69) is 4.99 Å². The van der Waals surface area contributed by atoms with E-state index in [1.54, 1.807) is 56.3 Å². The van der Waals surface area contributed by atoms with E-state index in [9.17, 15) is 24.5 Å². The molecule has 2 heterocycles. The quantitative estimate of drug-likeness (QED) is 0.217. The smallest absolute Gasteiger partial charge is 0.338 e. The first-order valence-corrected chi connectivity index (χ1v) is 11.7. The number of esters is 2. The summed E-state index contributed by atoms with van der Waals surface area (Å²) < 4.78 is 12.0. The number of carbonyl (C=O) groups is 2. The lowest BCUT2D eigenvalue weighted by atomic mass is 9.96. The third-order valence-electron chi connectivity index (χ3n) is 5.39. The fourth-order valence-corrected chi connectivity index (χ4v) is 4.95. The molecule has 10 nitrogen and oxygen atoms in total. The first-order valence-electron chi connectivity index (χ1n) is 10.9. The van der Waals surface area contributed by atoms with Crippen LogP contribution >= 0.6 is 11.3 Å². The number of para-hydroxylation sites is 1. The van der Waals surface area contributed by atoms with Crippen LogP contribution in [-0.2, 0) is 14.3 Å². The van der Waals surface area contributed by atoms with Crippen molar-refractivity contribution >= 4 is 35.0 Å². The van der Waals surface area contributed by atoms with Crippen molar-refractivity contribution in [3.05, 3.63) is 101 Å². The summed E-state index contributed by atoms with van der Waals surface area (Å²) in [6, 6.07) is 11.7. The van der Waals surface area contributed by atoms with Crippen LogP contribution in [0.25, 0.3) is 6.08 Å². The second-order valence-corrected chi connectivity index (χ2v) is 8.79. The molecule has 0 saturated heterocycles. The number of carbonyl (C=O) groups excluding carboxylic acids is 2. The Morgan fingerprint density at radius 1 is 1.19 bits per heavy atom. The van der Waals surface area contributed by atoms with Gasteiger partial charge in [-0.25, -0.2) is 9.79 Å². The molecule has 1 aromatic heterocycles. The molecule has 0 saturated carbocycles. The average molecular weight is 508 g/mol. The normalized spacial score (nSPS) is 15.2. The number of rotatable bonds is 6. The number of aromatic nitrogens is 1. The number of fused-ring (bicyclic) bond motifs is 1. The van der Waals surface area contributed by atoms with Crippen molar-refractivity contribution in [3.8, 4) is 5.75 Å². The Labute approximate surface area is 208 Å². The van der Waals surface area contributed by atoms with Gasteiger partial charge in [-0.2, -0.15) is 0 Å². The van der Waals surface area contributed by atoms with Gasteiger partial charge in [-0.05, 0) is 43.7 Å². The minimum Gasteiger partial charge on any atom is -0.463 e. The van der Waals surface area contributed by atoms with E-state index in [1.807, 2.05) is 0 Å². The largest absolute Gasteiger partial charge is 0.463 e. The van der Waals surface area contributed by atoms with Gasteiger partial charge in [0.15, 0.2) is 4.80 Å². The fraction of sp³-hybridized carbons (Fsp3) is 0.200. The first-order chi connectivity index (χ1) is 17.2. The van der Waals surface area contributed by atoms with Gasteiger partial charge in [0.2, 0.25) is 0 Å². The predicted octanol–water partition coefficient (Wildman–Crippen LogP) is 2.63. The lowest BCUT2D eigenvalue weighted by Crippen LogP contribution is -2.39. The molecule has 0 unspecified atom stereocenters. The first kappa shape index (κ1) is 24.7. The van der Waals surface area contributed by atoms with Gasteiger partial charge in [0.05, 0.1) is 38.9 Å². The second kappa shape index (κ2) is 10.1. The molecule has 0 radical (unpaired) electrons. The molecule has 1 aliphatic rings. The number of hydrogen-bond donors (Lipinski definition) is 0. The molecular formula is C25H21N3O7S. The predicted molar refractivity (Wildman–Crippen MR) is 131 cm³/mol. The van der Waals surface area contributed by atoms with E-state index in [4.69, 9.17) is 9.47 Å². The summed E-state index contributed by atoms with van der Waals surface area (Å²) in [5.41, 5.74) is 0.838. The Bertz CT molecular complexity index is 1580. The van der Waals surface area contributed by atoms with E-state index in [0.29, 0.717) is 21.8 Å². The van der Waals surface area contributed by atoms with Gasteiger partial charge in [0, 0.05) is 13.0 Å². The summed E-state index contributed by atoms with van der Waals surface area (Å²) in [4.78, 5) is 53.6. The molecule has 0 aliphatic carbocycles. The molecular weight excluding hydrogens is 486 g/mol. The van der Waals surface area contributed by atoms with Gasteiger partial charge in [-0.15, -0.1) is 0 Å². The molecule has 0 spiro atoms. The zero-order valence-electron chi connectivity index (χ0n) is 19.6. The standard InChI is InChI=1S/C25H21N3O7S/c1-4-34-24(31)21-14(2)26-25-27(22(21)16-9-11-18(12-10-16)35-15(3)29)23(30)20(36-25)13-17-7-5-6-8-19(17)28(32)33/h5-13,22H,4H2,1-3H3/b20-13+/t22-/m1/s1. The van der Waals surface area contributed by atoms with E-state index in [-0.39, 0.29) is 28.0 Å². The summed E-state index contributed by atoms with van der Waals surface area (Å²) in [7, 11) is 0. The molecule has 3 aromatic rings. The number of benzene rings is 2. The average Bonchev–Trinajstić information content (AvgIpc) is 3.13. The summed E-state index contributed by atoms with van der Waals surface area (Å²) in [6.07, 6.45) is 1.45. The second-order valence-electron chi connectivity index (χ2n) is 7.78. The highest BCUT2D eigenvalue weighted by molar-refractivity contribution is 7.07. The Balaban J connectivity index is 1.93. The number of thiazole rings is 1. The lowest BCUT2D eigenvalue weighted by molar-refractivity contribution is -0.385. The highest BCUT2D eigenvalue weighted by Gasteiger charge is 2.33. The number of allylic oxidation sites excluding steroid dienone is 1. The van der Waals surface area contributed by atoms with Crippen molar-refractivity contribution in [1.29, 1.82) is 0 Å². The summed E-state index contributed by atoms with van der Waals surface area (Å²) in [5, 5.41) is 11.4. The lowest BCUT2D eigenvalue weighted by Gasteiger charge is -2.24. The Morgan fingerprint density at radius 2 is 1.89 bits per heavy atom. The van der Waals surface area contributed by atoms with Crippen molar-refractivity contribution in [1.82, 2.24) is 4.57 Å². The number of nitro groups is 1. The third kappa shape index (κ3) is 4.73. The monoisotopic (exact) mass is 507 g/mol. The maximum atomic E-state index is 13.6. The molecule has 36 heavy (non-hydrogen) atoms. The van der Waals surface area contributed by atoms with Crippen LogP contribution in [0.2, 0.25) is 0 Å². The minimum atomic E-state index is -0.861. The Morgan fingerprint density at radius 3 is 2.53 bits per heavy atom. The van der Waals surface area contributed by atoms with Crippen molar-refractivity contribution in [3.63, 3.8) is 0 Å². The molecule has 0 amide bonds. The van der Waals surface area contributed by atoms with Gasteiger partial charge in [-0.3, -0.25) is 24.3 Å².